The van der Waals surface area contributed by atoms with Gasteiger partial charge in [0.25, 0.3) is 0 Å². The number of nitrogens with zero attached hydrogens (tertiary/aromatic N) is 3. The number of likely N-dealkylation sites (tertiary alicyclic amines) is 1. The SMILES string of the molecule is CC(CCC(=O)NC=O)c1nn(C)c2c(NC3CCN(C(=O)OC(C)(C)C)CC3)cccc12. The fraction of sp³-hybridized carbons (Fsp3) is 0.583. The minimum Gasteiger partial charge on any atom is -0.444 e. The number of aryl methyl sites for hydroxylation is 1. The van der Waals surface area contributed by atoms with Gasteiger partial charge in [-0.1, -0.05) is 19.1 Å². The maximum Gasteiger partial charge on any atom is 0.410 e. The summed E-state index contributed by atoms with van der Waals surface area (Å²) in [6, 6.07) is 6.36. The van der Waals surface area contributed by atoms with Gasteiger partial charge in [-0.25, -0.2) is 4.79 Å². The van der Waals surface area contributed by atoms with Gasteiger partial charge in [-0.2, -0.15) is 5.10 Å². The van der Waals surface area contributed by atoms with Crippen molar-refractivity contribution in [1.29, 1.82) is 0 Å². The van der Waals surface area contributed by atoms with Crippen LogP contribution in [-0.4, -0.2) is 57.8 Å². The molecule has 3 rings (SSSR count). The number of ether oxygens (including phenoxy) is 1. The molecular formula is C24H35N5O4. The number of piperidine rings is 1. The lowest BCUT2D eigenvalue weighted by atomic mass is 9.98. The van der Waals surface area contributed by atoms with Gasteiger partial charge >= 0.3 is 6.09 Å². The van der Waals surface area contributed by atoms with Gasteiger partial charge in [0.05, 0.1) is 16.9 Å². The van der Waals surface area contributed by atoms with Gasteiger partial charge in [-0.05, 0) is 46.1 Å². The molecule has 1 aliphatic heterocycles. The molecule has 0 bridgehead atoms. The fourth-order valence-corrected chi connectivity index (χ4v) is 4.22. The zero-order valence-corrected chi connectivity index (χ0v) is 20.2. The van der Waals surface area contributed by atoms with Crippen molar-refractivity contribution in [3.8, 4) is 0 Å². The van der Waals surface area contributed by atoms with Gasteiger partial charge in [-0.3, -0.25) is 19.6 Å². The molecule has 0 spiro atoms. The second kappa shape index (κ2) is 10.2. The van der Waals surface area contributed by atoms with E-state index in [1.165, 1.54) is 0 Å². The van der Waals surface area contributed by atoms with Crippen LogP contribution >= 0.6 is 0 Å². The Kier molecular flexibility index (Phi) is 7.61. The number of benzene rings is 1. The van der Waals surface area contributed by atoms with Gasteiger partial charge in [0, 0.05) is 43.9 Å². The molecule has 1 aliphatic rings. The summed E-state index contributed by atoms with van der Waals surface area (Å²) >= 11 is 0. The van der Waals surface area contributed by atoms with Gasteiger partial charge in [0.2, 0.25) is 12.3 Å². The maximum atomic E-state index is 12.3. The first-order valence-corrected chi connectivity index (χ1v) is 11.5. The van der Waals surface area contributed by atoms with Crippen LogP contribution in [0, 0.1) is 0 Å². The van der Waals surface area contributed by atoms with E-state index in [4.69, 9.17) is 9.84 Å². The summed E-state index contributed by atoms with van der Waals surface area (Å²) < 4.78 is 7.37. The fourth-order valence-electron chi connectivity index (χ4n) is 4.22. The standard InChI is InChI=1S/C24H35N5O4/c1-16(9-10-20(31)25-15-30)21-18-7-6-8-19(22(18)28(5)27-21)26-17-11-13-29(14-12-17)23(32)33-24(2,3)4/h6-8,15-17,26H,9-14H2,1-5H3,(H,25,30,31). The van der Waals surface area contributed by atoms with E-state index >= 15 is 0 Å². The normalized spacial score (nSPS) is 15.8. The van der Waals surface area contributed by atoms with Gasteiger partial charge in [0.1, 0.15) is 5.60 Å². The van der Waals surface area contributed by atoms with Crippen LogP contribution < -0.4 is 10.6 Å². The van der Waals surface area contributed by atoms with Gasteiger partial charge in [-0.15, -0.1) is 0 Å². The second-order valence-electron chi connectivity index (χ2n) is 9.72. The number of para-hydroxylation sites is 1. The first-order valence-electron chi connectivity index (χ1n) is 11.5. The molecule has 1 atom stereocenters. The summed E-state index contributed by atoms with van der Waals surface area (Å²) in [5.74, 6) is -0.212. The van der Waals surface area contributed by atoms with E-state index in [0.717, 1.165) is 35.1 Å². The highest BCUT2D eigenvalue weighted by atomic mass is 16.6. The second-order valence-corrected chi connectivity index (χ2v) is 9.72. The minimum absolute atomic E-state index is 0.0680. The number of aromatic nitrogens is 2. The molecule has 0 radical (unpaired) electrons. The topological polar surface area (TPSA) is 106 Å². The molecule has 2 N–H and O–H groups in total. The zero-order valence-electron chi connectivity index (χ0n) is 20.2. The van der Waals surface area contributed by atoms with Crippen LogP contribution in [0.15, 0.2) is 18.2 Å². The van der Waals surface area contributed by atoms with Crippen molar-refractivity contribution in [2.45, 2.75) is 70.9 Å². The van der Waals surface area contributed by atoms with E-state index in [-0.39, 0.29) is 30.4 Å². The van der Waals surface area contributed by atoms with Gasteiger partial charge < -0.3 is 15.0 Å². The summed E-state index contributed by atoms with van der Waals surface area (Å²) in [5.41, 5.74) is 2.48. The average molecular weight is 458 g/mol. The van der Waals surface area contributed by atoms with Crippen LogP contribution in [0.2, 0.25) is 0 Å². The lowest BCUT2D eigenvalue weighted by Crippen LogP contribution is -2.44. The number of hydrogen-bond acceptors (Lipinski definition) is 6. The van der Waals surface area contributed by atoms with E-state index < -0.39 is 5.60 Å². The number of anilines is 1. The third kappa shape index (κ3) is 6.24. The number of fused-ring (bicyclic) bond motifs is 1. The number of carbonyl (C=O) groups excluding carboxylic acids is 3. The van der Waals surface area contributed by atoms with Crippen LogP contribution in [0.1, 0.15) is 65.0 Å². The van der Waals surface area contributed by atoms with E-state index in [1.807, 2.05) is 45.5 Å². The summed E-state index contributed by atoms with van der Waals surface area (Å²) in [7, 11) is 1.92. The van der Waals surface area contributed by atoms with Crippen molar-refractivity contribution in [2.75, 3.05) is 18.4 Å². The Hall–Kier alpha value is -3.10. The highest BCUT2D eigenvalue weighted by molar-refractivity contribution is 5.93. The number of amides is 3. The first-order chi connectivity index (χ1) is 15.6. The smallest absolute Gasteiger partial charge is 0.410 e. The molecule has 1 aromatic carbocycles. The Balaban J connectivity index is 1.67. The largest absolute Gasteiger partial charge is 0.444 e. The summed E-state index contributed by atoms with van der Waals surface area (Å²) in [4.78, 5) is 36.2. The van der Waals surface area contributed by atoms with Crippen molar-refractivity contribution in [3.63, 3.8) is 0 Å². The van der Waals surface area contributed by atoms with Crippen LogP contribution in [-0.2, 0) is 21.4 Å². The van der Waals surface area contributed by atoms with Crippen molar-refractivity contribution in [2.24, 2.45) is 7.05 Å². The Morgan fingerprint density at radius 3 is 2.61 bits per heavy atom. The highest BCUT2D eigenvalue weighted by Gasteiger charge is 2.27. The molecule has 1 fully saturated rings. The lowest BCUT2D eigenvalue weighted by molar-refractivity contribution is -0.125. The molecule has 1 aromatic heterocycles. The maximum absolute atomic E-state index is 12.3. The minimum atomic E-state index is -0.492. The Morgan fingerprint density at radius 1 is 1.27 bits per heavy atom. The average Bonchev–Trinajstić information content (AvgIpc) is 3.09. The number of imide groups is 1. The molecule has 33 heavy (non-hydrogen) atoms. The van der Waals surface area contributed by atoms with E-state index in [1.54, 1.807) is 4.90 Å². The zero-order chi connectivity index (χ0) is 24.2. The van der Waals surface area contributed by atoms with Crippen LogP contribution in [0.25, 0.3) is 10.9 Å². The number of hydrogen-bond donors (Lipinski definition) is 2. The van der Waals surface area contributed by atoms with Crippen molar-refractivity contribution in [3.05, 3.63) is 23.9 Å². The number of rotatable bonds is 7. The van der Waals surface area contributed by atoms with E-state index in [2.05, 4.69) is 22.8 Å². The van der Waals surface area contributed by atoms with Crippen molar-refractivity contribution >= 4 is 35.0 Å². The van der Waals surface area contributed by atoms with E-state index in [0.29, 0.717) is 25.9 Å². The quantitative estimate of drug-likeness (QED) is 0.616. The Morgan fingerprint density at radius 2 is 1.97 bits per heavy atom. The summed E-state index contributed by atoms with van der Waals surface area (Å²) in [6.07, 6.45) is 2.71. The Bertz CT molecular complexity index is 1000. The number of nitrogens with one attached hydrogen (secondary N) is 2. The third-order valence-electron chi connectivity index (χ3n) is 5.89. The lowest BCUT2D eigenvalue weighted by Gasteiger charge is -2.34. The van der Waals surface area contributed by atoms with Crippen LogP contribution in [0.4, 0.5) is 10.5 Å². The molecular weight excluding hydrogens is 422 g/mol. The predicted molar refractivity (Wildman–Crippen MR) is 127 cm³/mol. The van der Waals surface area contributed by atoms with Crippen LogP contribution in [0.3, 0.4) is 0 Å². The molecule has 2 heterocycles. The molecule has 9 heteroatoms. The predicted octanol–water partition coefficient (Wildman–Crippen LogP) is 3.54. The van der Waals surface area contributed by atoms with Crippen molar-refractivity contribution < 1.29 is 19.1 Å². The highest BCUT2D eigenvalue weighted by Crippen LogP contribution is 2.32. The van der Waals surface area contributed by atoms with E-state index in [9.17, 15) is 14.4 Å². The molecule has 1 saturated heterocycles. The summed E-state index contributed by atoms with van der Waals surface area (Å²) in [5, 5.41) is 11.6. The number of carbonyl (C=O) groups is 3. The van der Waals surface area contributed by atoms with Gasteiger partial charge in [0.15, 0.2) is 0 Å². The van der Waals surface area contributed by atoms with Crippen molar-refractivity contribution in [1.82, 2.24) is 20.0 Å². The molecule has 0 saturated carbocycles. The molecule has 9 nitrogen and oxygen atoms in total. The molecule has 1 unspecified atom stereocenters. The molecule has 2 aromatic rings. The third-order valence-corrected chi connectivity index (χ3v) is 5.89. The molecule has 0 aliphatic carbocycles. The first kappa shape index (κ1) is 24.5. The molecule has 3 amide bonds. The summed E-state index contributed by atoms with van der Waals surface area (Å²) in [6.45, 7) is 8.98. The monoisotopic (exact) mass is 457 g/mol. The Labute approximate surface area is 194 Å². The van der Waals surface area contributed by atoms with Crippen LogP contribution in [0.5, 0.6) is 0 Å². The molecule has 180 valence electrons.